The molecule has 0 unspecified atom stereocenters. The molecule has 0 aliphatic heterocycles. The van der Waals surface area contributed by atoms with Gasteiger partial charge in [-0.05, 0) is 17.6 Å². The van der Waals surface area contributed by atoms with Gasteiger partial charge in [-0.25, -0.2) is 4.39 Å². The molecule has 0 aromatic heterocycles. The first-order chi connectivity index (χ1) is 5.65. The predicted octanol–water partition coefficient (Wildman–Crippen LogP) is -0.682. The van der Waals surface area contributed by atoms with Crippen LogP contribution in [0.25, 0.3) is 0 Å². The van der Waals surface area contributed by atoms with Crippen LogP contribution in [0.15, 0.2) is 18.2 Å². The third kappa shape index (κ3) is 1.69. The van der Waals surface area contributed by atoms with Crippen molar-refractivity contribution in [2.45, 2.75) is 0 Å². The van der Waals surface area contributed by atoms with Gasteiger partial charge in [-0.1, -0.05) is 6.07 Å². The summed E-state index contributed by atoms with van der Waals surface area (Å²) < 4.78 is 12.5. The highest BCUT2D eigenvalue weighted by molar-refractivity contribution is 6.60. The van der Waals surface area contributed by atoms with Crippen LogP contribution in [0, 0.1) is 5.82 Å². The average molecular weight is 168 g/mol. The van der Waals surface area contributed by atoms with Gasteiger partial charge in [-0.3, -0.25) is 4.79 Å². The minimum Gasteiger partial charge on any atom is -0.423 e. The fourth-order valence-electron chi connectivity index (χ4n) is 0.883. The zero-order valence-electron chi connectivity index (χ0n) is 6.07. The summed E-state index contributed by atoms with van der Waals surface area (Å²) in [6.07, 6.45) is 0.373. The summed E-state index contributed by atoms with van der Waals surface area (Å²) in [5, 5.41) is 17.4. The van der Waals surface area contributed by atoms with Crippen molar-refractivity contribution in [3.63, 3.8) is 0 Å². The second-order valence-electron chi connectivity index (χ2n) is 2.26. The summed E-state index contributed by atoms with van der Waals surface area (Å²) in [7, 11) is -1.74. The molecule has 12 heavy (non-hydrogen) atoms. The summed E-state index contributed by atoms with van der Waals surface area (Å²) in [5.41, 5.74) is -0.0450. The summed E-state index contributed by atoms with van der Waals surface area (Å²) in [4.78, 5) is 10.3. The number of aldehydes is 1. The molecule has 0 spiro atoms. The average Bonchev–Trinajstić information content (AvgIpc) is 2.03. The van der Waals surface area contributed by atoms with Crippen LogP contribution >= 0.6 is 0 Å². The van der Waals surface area contributed by atoms with E-state index in [0.717, 1.165) is 18.2 Å². The largest absolute Gasteiger partial charge is 0.489 e. The molecule has 1 rings (SSSR count). The van der Waals surface area contributed by atoms with E-state index in [4.69, 9.17) is 10.0 Å². The van der Waals surface area contributed by atoms with Crippen LogP contribution in [-0.2, 0) is 0 Å². The normalized spacial score (nSPS) is 9.58. The molecule has 62 valence electrons. The molecule has 0 aliphatic rings. The standard InChI is InChI=1S/C7H6BFO3/c9-6-1-2-7(8(11)12)5(3-6)4-10/h1-4,11-12H. The molecule has 0 saturated heterocycles. The number of hydrogen-bond acceptors (Lipinski definition) is 3. The van der Waals surface area contributed by atoms with E-state index in [2.05, 4.69) is 0 Å². The molecule has 0 fully saturated rings. The molecule has 3 nitrogen and oxygen atoms in total. The first-order valence-corrected chi connectivity index (χ1v) is 3.26. The van der Waals surface area contributed by atoms with E-state index in [9.17, 15) is 9.18 Å². The van der Waals surface area contributed by atoms with Crippen molar-refractivity contribution in [1.29, 1.82) is 0 Å². The summed E-state index contributed by atoms with van der Waals surface area (Å²) in [6, 6.07) is 3.16. The Balaban J connectivity index is 3.20. The molecular weight excluding hydrogens is 162 g/mol. The third-order valence-corrected chi connectivity index (χ3v) is 1.45. The number of hydrogen-bond donors (Lipinski definition) is 2. The summed E-state index contributed by atoms with van der Waals surface area (Å²) >= 11 is 0. The highest BCUT2D eigenvalue weighted by atomic mass is 19.1. The highest BCUT2D eigenvalue weighted by Gasteiger charge is 2.15. The SMILES string of the molecule is O=Cc1cc(F)ccc1B(O)O. The van der Waals surface area contributed by atoms with Crippen LogP contribution in [0.1, 0.15) is 10.4 Å². The minimum absolute atomic E-state index is 0.00593. The van der Waals surface area contributed by atoms with Crippen molar-refractivity contribution < 1.29 is 19.2 Å². The first-order valence-electron chi connectivity index (χ1n) is 3.26. The van der Waals surface area contributed by atoms with Crippen LogP contribution in [-0.4, -0.2) is 23.5 Å². The van der Waals surface area contributed by atoms with Crippen molar-refractivity contribution in [3.8, 4) is 0 Å². The molecule has 0 bridgehead atoms. The van der Waals surface area contributed by atoms with Crippen LogP contribution in [0.5, 0.6) is 0 Å². The highest BCUT2D eigenvalue weighted by Crippen LogP contribution is 1.99. The third-order valence-electron chi connectivity index (χ3n) is 1.45. The zero-order valence-corrected chi connectivity index (χ0v) is 6.07. The van der Waals surface area contributed by atoms with Crippen LogP contribution < -0.4 is 5.46 Å². The van der Waals surface area contributed by atoms with Gasteiger partial charge in [0.1, 0.15) is 12.1 Å². The van der Waals surface area contributed by atoms with Crippen LogP contribution in [0.3, 0.4) is 0 Å². The van der Waals surface area contributed by atoms with E-state index in [1.807, 2.05) is 0 Å². The van der Waals surface area contributed by atoms with E-state index in [0.29, 0.717) is 6.29 Å². The maximum atomic E-state index is 12.5. The summed E-state index contributed by atoms with van der Waals surface area (Å²) in [5.74, 6) is -0.582. The van der Waals surface area contributed by atoms with Gasteiger partial charge in [0.25, 0.3) is 0 Å². The lowest BCUT2D eigenvalue weighted by molar-refractivity contribution is 0.112. The van der Waals surface area contributed by atoms with Crippen LogP contribution in [0.4, 0.5) is 4.39 Å². The molecule has 0 saturated carbocycles. The van der Waals surface area contributed by atoms with Gasteiger partial charge in [0, 0.05) is 5.56 Å². The fraction of sp³-hybridized carbons (Fsp3) is 0. The van der Waals surface area contributed by atoms with E-state index < -0.39 is 12.9 Å². The molecule has 2 N–H and O–H groups in total. The number of halogens is 1. The zero-order chi connectivity index (χ0) is 9.14. The van der Waals surface area contributed by atoms with Crippen molar-refractivity contribution in [2.24, 2.45) is 0 Å². The van der Waals surface area contributed by atoms with Crippen molar-refractivity contribution >= 4 is 18.9 Å². The Morgan fingerprint density at radius 1 is 1.42 bits per heavy atom. The van der Waals surface area contributed by atoms with Crippen molar-refractivity contribution in [1.82, 2.24) is 0 Å². The predicted molar refractivity (Wildman–Crippen MR) is 41.6 cm³/mol. The smallest absolute Gasteiger partial charge is 0.423 e. The Morgan fingerprint density at radius 3 is 2.58 bits per heavy atom. The Labute approximate surface area is 68.6 Å². The Kier molecular flexibility index (Phi) is 2.57. The minimum atomic E-state index is -1.74. The summed E-state index contributed by atoms with van der Waals surface area (Å²) in [6.45, 7) is 0. The van der Waals surface area contributed by atoms with Crippen LogP contribution in [0.2, 0.25) is 0 Å². The monoisotopic (exact) mass is 168 g/mol. The van der Waals surface area contributed by atoms with Crippen molar-refractivity contribution in [2.75, 3.05) is 0 Å². The number of carbonyl (C=O) groups is 1. The maximum Gasteiger partial charge on any atom is 0.489 e. The van der Waals surface area contributed by atoms with Gasteiger partial charge in [0.15, 0.2) is 0 Å². The van der Waals surface area contributed by atoms with Crippen molar-refractivity contribution in [3.05, 3.63) is 29.6 Å². The first kappa shape index (κ1) is 8.90. The quantitative estimate of drug-likeness (QED) is 0.454. The van der Waals surface area contributed by atoms with Gasteiger partial charge >= 0.3 is 7.12 Å². The van der Waals surface area contributed by atoms with E-state index in [-0.39, 0.29) is 11.0 Å². The number of rotatable bonds is 2. The molecule has 0 amide bonds. The van der Waals surface area contributed by atoms with E-state index in [1.165, 1.54) is 0 Å². The second-order valence-corrected chi connectivity index (χ2v) is 2.26. The Hall–Kier alpha value is -1.20. The lowest BCUT2D eigenvalue weighted by atomic mass is 9.77. The molecule has 0 aliphatic carbocycles. The van der Waals surface area contributed by atoms with Gasteiger partial charge in [0.2, 0.25) is 0 Å². The Bertz CT molecular complexity index is 301. The molecule has 1 aromatic rings. The van der Waals surface area contributed by atoms with Gasteiger partial charge in [0.05, 0.1) is 0 Å². The van der Waals surface area contributed by atoms with E-state index >= 15 is 0 Å². The molecule has 0 heterocycles. The Morgan fingerprint density at radius 2 is 2.08 bits per heavy atom. The fourth-order valence-corrected chi connectivity index (χ4v) is 0.883. The maximum absolute atomic E-state index is 12.5. The van der Waals surface area contributed by atoms with Gasteiger partial charge in [-0.15, -0.1) is 0 Å². The second kappa shape index (κ2) is 3.47. The lowest BCUT2D eigenvalue weighted by Gasteiger charge is -2.01. The lowest BCUT2D eigenvalue weighted by Crippen LogP contribution is -2.33. The molecule has 0 radical (unpaired) electrons. The number of benzene rings is 1. The number of carbonyl (C=O) groups excluding carboxylic acids is 1. The van der Waals surface area contributed by atoms with Gasteiger partial charge in [-0.2, -0.15) is 0 Å². The molecule has 1 aromatic carbocycles. The van der Waals surface area contributed by atoms with Gasteiger partial charge < -0.3 is 10.0 Å². The topological polar surface area (TPSA) is 57.5 Å². The molecule has 5 heteroatoms. The van der Waals surface area contributed by atoms with E-state index in [1.54, 1.807) is 0 Å². The molecule has 0 atom stereocenters. The molecular formula is C7H6BFO3.